The van der Waals surface area contributed by atoms with Crippen LogP contribution in [0.3, 0.4) is 0 Å². The van der Waals surface area contributed by atoms with Crippen molar-refractivity contribution >= 4 is 17.8 Å². The zero-order chi connectivity index (χ0) is 33.0. The van der Waals surface area contributed by atoms with Crippen LogP contribution < -0.4 is 10.1 Å². The summed E-state index contributed by atoms with van der Waals surface area (Å²) in [6.07, 6.45) is -0.256. The molecule has 0 radical (unpaired) electrons. The van der Waals surface area contributed by atoms with Gasteiger partial charge in [-0.05, 0) is 79.3 Å². The fourth-order valence-electron chi connectivity index (χ4n) is 6.25. The maximum atomic E-state index is 14.9. The van der Waals surface area contributed by atoms with Gasteiger partial charge in [0.2, 0.25) is 5.90 Å². The lowest BCUT2D eigenvalue weighted by atomic mass is 9.83. The van der Waals surface area contributed by atoms with Gasteiger partial charge in [-0.2, -0.15) is 0 Å². The van der Waals surface area contributed by atoms with Crippen molar-refractivity contribution in [2.24, 2.45) is 4.99 Å². The molecule has 8 nitrogen and oxygen atoms in total. The molecule has 2 N–H and O–H groups in total. The van der Waals surface area contributed by atoms with Crippen LogP contribution in [0.4, 0.5) is 0 Å². The van der Waals surface area contributed by atoms with Crippen LogP contribution >= 0.6 is 0 Å². The van der Waals surface area contributed by atoms with E-state index in [0.29, 0.717) is 30.2 Å². The second-order valence-corrected chi connectivity index (χ2v) is 12.9. The van der Waals surface area contributed by atoms with E-state index in [1.807, 2.05) is 112 Å². The Bertz CT molecular complexity index is 1720. The molecule has 0 saturated carbocycles. The Hall–Kier alpha value is -4.95. The highest BCUT2D eigenvalue weighted by atomic mass is 16.6. The van der Waals surface area contributed by atoms with Crippen molar-refractivity contribution in [3.05, 3.63) is 125 Å². The molecule has 0 fully saturated rings. The largest absolute Gasteiger partial charge is 0.494 e. The number of amides is 1. The molecule has 2 aliphatic rings. The first-order valence-corrected chi connectivity index (χ1v) is 16.0. The van der Waals surface area contributed by atoms with Gasteiger partial charge < -0.3 is 24.6 Å². The molecule has 2 atom stereocenters. The zero-order valence-corrected chi connectivity index (χ0v) is 26.9. The molecule has 4 aromatic rings. The summed E-state index contributed by atoms with van der Waals surface area (Å²) in [5, 5.41) is 12.4. The molecule has 0 aromatic heterocycles. The zero-order valence-electron chi connectivity index (χ0n) is 26.9. The van der Waals surface area contributed by atoms with Crippen LogP contribution in [-0.2, 0) is 19.1 Å². The summed E-state index contributed by atoms with van der Waals surface area (Å²) in [4.78, 5) is 33.1. The Balaban J connectivity index is 1.41. The van der Waals surface area contributed by atoms with Crippen molar-refractivity contribution < 1.29 is 28.9 Å². The third-order valence-electron chi connectivity index (χ3n) is 8.37. The topological polar surface area (TPSA) is 106 Å². The summed E-state index contributed by atoms with van der Waals surface area (Å²) in [5.41, 5.74) is 3.42. The van der Waals surface area contributed by atoms with Gasteiger partial charge in [-0.3, -0.25) is 9.59 Å². The van der Waals surface area contributed by atoms with Gasteiger partial charge in [-0.15, -0.1) is 0 Å². The first kappa shape index (κ1) is 32.0. The number of carbonyl (C=O) groups is 2. The molecular weight excluding hydrogens is 592 g/mol. The number of rotatable bonds is 11. The van der Waals surface area contributed by atoms with E-state index in [1.54, 1.807) is 0 Å². The van der Waals surface area contributed by atoms with E-state index in [1.165, 1.54) is 0 Å². The summed E-state index contributed by atoms with van der Waals surface area (Å²) >= 11 is 0. The highest BCUT2D eigenvalue weighted by Crippen LogP contribution is 2.47. The third kappa shape index (κ3) is 6.79. The van der Waals surface area contributed by atoms with E-state index in [4.69, 9.17) is 24.3 Å². The van der Waals surface area contributed by atoms with Crippen LogP contribution in [0.5, 0.6) is 5.75 Å². The van der Waals surface area contributed by atoms with Crippen molar-refractivity contribution in [1.82, 2.24) is 5.32 Å². The van der Waals surface area contributed by atoms with E-state index >= 15 is 0 Å². The van der Waals surface area contributed by atoms with Gasteiger partial charge in [0.1, 0.15) is 11.4 Å². The molecule has 0 bridgehead atoms. The molecule has 1 heterocycles. The SMILES string of the molecule is CC(C)(C)OC(=O)CC[C@@]1(C(=O)NC2c3ccccc3-c3ccccc32)N=C(c2ccc(OCCCO)cc2)O[C@@H]1c1ccccc1. The van der Waals surface area contributed by atoms with Crippen molar-refractivity contribution in [2.45, 2.75) is 63.3 Å². The first-order chi connectivity index (χ1) is 22.7. The Labute approximate surface area is 275 Å². The average molecular weight is 633 g/mol. The quantitative estimate of drug-likeness (QED) is 0.141. The van der Waals surface area contributed by atoms with Gasteiger partial charge in [-0.25, -0.2) is 4.99 Å². The van der Waals surface area contributed by atoms with Crippen LogP contribution in [0.25, 0.3) is 11.1 Å². The minimum atomic E-state index is -1.49. The van der Waals surface area contributed by atoms with Gasteiger partial charge in [0.05, 0.1) is 12.6 Å². The molecular formula is C39H40N2O6. The lowest BCUT2D eigenvalue weighted by molar-refractivity contribution is -0.155. The lowest BCUT2D eigenvalue weighted by Gasteiger charge is -2.32. The molecule has 0 saturated heterocycles. The molecule has 1 aliphatic carbocycles. The molecule has 6 rings (SSSR count). The fraction of sp³-hybridized carbons (Fsp3) is 0.308. The molecule has 1 amide bonds. The monoisotopic (exact) mass is 632 g/mol. The number of ether oxygens (including phenoxy) is 3. The number of nitrogens with one attached hydrogen (secondary N) is 1. The van der Waals surface area contributed by atoms with Crippen molar-refractivity contribution in [2.75, 3.05) is 13.2 Å². The van der Waals surface area contributed by atoms with Crippen molar-refractivity contribution in [3.63, 3.8) is 0 Å². The number of benzene rings is 4. The molecule has 0 spiro atoms. The standard InChI is InChI=1S/C39H40N2O6/c1-38(2,3)47-33(43)22-23-39(37(44)40-34-31-16-9-7-14-29(31)30-15-8-10-17-32(30)34)35(26-12-5-4-6-13-26)46-36(41-39)27-18-20-28(21-19-27)45-25-11-24-42/h4-10,12-21,34-35,42H,11,22-25H2,1-3H3,(H,40,44)/t35-,39-/m1/s1. The number of fused-ring (bicyclic) bond motifs is 3. The van der Waals surface area contributed by atoms with Crippen LogP contribution in [0, 0.1) is 0 Å². The molecule has 0 unspecified atom stereocenters. The fourth-order valence-corrected chi connectivity index (χ4v) is 6.25. The van der Waals surface area contributed by atoms with Crippen LogP contribution in [-0.4, -0.2) is 47.2 Å². The maximum Gasteiger partial charge on any atom is 0.306 e. The Morgan fingerprint density at radius 2 is 1.49 bits per heavy atom. The van der Waals surface area contributed by atoms with Crippen molar-refractivity contribution in [3.8, 4) is 16.9 Å². The van der Waals surface area contributed by atoms with Crippen LogP contribution in [0.1, 0.15) is 74.4 Å². The summed E-state index contributed by atoms with van der Waals surface area (Å²) in [6.45, 7) is 5.91. The number of aliphatic hydroxyl groups excluding tert-OH is 1. The van der Waals surface area contributed by atoms with Crippen molar-refractivity contribution in [1.29, 1.82) is 0 Å². The molecule has 8 heteroatoms. The van der Waals surface area contributed by atoms with Gasteiger partial charge in [0, 0.05) is 25.0 Å². The summed E-state index contributed by atoms with van der Waals surface area (Å²) in [5.74, 6) is 0.187. The molecule has 4 aromatic carbocycles. The van der Waals surface area contributed by atoms with Crippen LogP contribution in [0.15, 0.2) is 108 Å². The van der Waals surface area contributed by atoms with E-state index in [-0.39, 0.29) is 25.4 Å². The number of aliphatic hydroxyl groups is 1. The number of hydrogen-bond donors (Lipinski definition) is 2. The van der Waals surface area contributed by atoms with Crippen LogP contribution in [0.2, 0.25) is 0 Å². The minimum absolute atomic E-state index is 0.0381. The number of carbonyl (C=O) groups excluding carboxylic acids is 2. The Morgan fingerprint density at radius 1 is 0.872 bits per heavy atom. The van der Waals surface area contributed by atoms with Gasteiger partial charge in [0.15, 0.2) is 11.6 Å². The van der Waals surface area contributed by atoms with E-state index in [9.17, 15) is 9.59 Å². The summed E-state index contributed by atoms with van der Waals surface area (Å²) < 4.78 is 18.0. The normalized spacial score (nSPS) is 18.5. The van der Waals surface area contributed by atoms with E-state index in [2.05, 4.69) is 17.4 Å². The second-order valence-electron chi connectivity index (χ2n) is 12.9. The average Bonchev–Trinajstić information content (AvgIpc) is 3.61. The smallest absolute Gasteiger partial charge is 0.306 e. The second kappa shape index (κ2) is 13.4. The van der Waals surface area contributed by atoms with E-state index in [0.717, 1.165) is 27.8 Å². The minimum Gasteiger partial charge on any atom is -0.494 e. The number of hydrogen-bond acceptors (Lipinski definition) is 7. The molecule has 47 heavy (non-hydrogen) atoms. The number of esters is 1. The Kier molecular flexibility index (Phi) is 9.14. The first-order valence-electron chi connectivity index (χ1n) is 16.0. The molecule has 1 aliphatic heterocycles. The highest BCUT2D eigenvalue weighted by Gasteiger charge is 2.54. The maximum absolute atomic E-state index is 14.9. The van der Waals surface area contributed by atoms with Gasteiger partial charge in [-0.1, -0.05) is 78.9 Å². The van der Waals surface area contributed by atoms with E-state index < -0.39 is 29.3 Å². The van der Waals surface area contributed by atoms with Gasteiger partial charge >= 0.3 is 5.97 Å². The summed E-state index contributed by atoms with van der Waals surface area (Å²) in [7, 11) is 0. The predicted molar refractivity (Wildman–Crippen MR) is 180 cm³/mol. The number of aliphatic imine (C=N–C) groups is 1. The third-order valence-corrected chi connectivity index (χ3v) is 8.37. The predicted octanol–water partition coefficient (Wildman–Crippen LogP) is 6.71. The Morgan fingerprint density at radius 3 is 2.11 bits per heavy atom. The molecule has 242 valence electrons. The lowest BCUT2D eigenvalue weighted by Crippen LogP contribution is -2.49. The summed E-state index contributed by atoms with van der Waals surface area (Å²) in [6, 6.07) is 32.6. The highest BCUT2D eigenvalue weighted by molar-refractivity contribution is 6.01. The van der Waals surface area contributed by atoms with Gasteiger partial charge in [0.25, 0.3) is 5.91 Å². The number of nitrogens with zero attached hydrogens (tertiary/aromatic N) is 1.